The molecule has 6 heteroatoms. The van der Waals surface area contributed by atoms with Gasteiger partial charge < -0.3 is 14.5 Å². The number of rotatable bonds is 1. The van der Waals surface area contributed by atoms with Crippen molar-refractivity contribution >= 4 is 11.0 Å². The normalized spacial score (nSPS) is 20.9. The fourth-order valence-electron chi connectivity index (χ4n) is 1.82. The fourth-order valence-corrected chi connectivity index (χ4v) is 1.82. The van der Waals surface area contributed by atoms with Gasteiger partial charge in [-0.05, 0) is 0 Å². The number of nitrogens with zero attached hydrogens (tertiary/aromatic N) is 1. The van der Waals surface area contributed by atoms with Gasteiger partial charge in [0.25, 0.3) is 0 Å². The number of H-pyrrole nitrogens is 1. The van der Waals surface area contributed by atoms with Crippen LogP contribution in [0.5, 0.6) is 0 Å². The van der Waals surface area contributed by atoms with E-state index in [0.29, 0.717) is 36.7 Å². The lowest BCUT2D eigenvalue weighted by Crippen LogP contribution is -2.22. The first kappa shape index (κ1) is 10.6. The summed E-state index contributed by atoms with van der Waals surface area (Å²) in [4.78, 5) is 7.08. The van der Waals surface area contributed by atoms with Gasteiger partial charge in [0.15, 0.2) is 11.6 Å². The predicted molar refractivity (Wildman–Crippen MR) is 55.5 cm³/mol. The van der Waals surface area contributed by atoms with E-state index in [1.54, 1.807) is 0 Å². The van der Waals surface area contributed by atoms with Crippen LogP contribution in [0, 0.1) is 11.6 Å². The molecule has 1 aromatic carbocycles. The molecule has 0 spiro atoms. The van der Waals surface area contributed by atoms with E-state index in [1.165, 1.54) is 0 Å². The van der Waals surface area contributed by atoms with Gasteiger partial charge in [-0.1, -0.05) is 0 Å². The monoisotopic (exact) mass is 240 g/mol. The summed E-state index contributed by atoms with van der Waals surface area (Å²) >= 11 is 0. The van der Waals surface area contributed by atoms with Crippen LogP contribution in [-0.4, -0.2) is 29.8 Å². The minimum Gasteiger partial charge on any atom is -0.376 e. The largest absolute Gasteiger partial charge is 0.376 e. The Labute approximate surface area is 95.6 Å². The zero-order chi connectivity index (χ0) is 11.8. The zero-order valence-corrected chi connectivity index (χ0v) is 8.87. The molecule has 1 saturated heterocycles. The molecule has 1 fully saturated rings. The highest BCUT2D eigenvalue weighted by atomic mass is 19.2. The maximum absolute atomic E-state index is 13.0. The number of hydrogen-bond donors (Lipinski definition) is 1. The van der Waals surface area contributed by atoms with E-state index in [0.717, 1.165) is 12.1 Å². The second-order valence-corrected chi connectivity index (χ2v) is 3.84. The Morgan fingerprint density at radius 3 is 2.82 bits per heavy atom. The van der Waals surface area contributed by atoms with E-state index in [-0.39, 0.29) is 6.10 Å². The summed E-state index contributed by atoms with van der Waals surface area (Å²) < 4.78 is 36.7. The van der Waals surface area contributed by atoms with Crippen molar-refractivity contribution in [3.63, 3.8) is 0 Å². The van der Waals surface area contributed by atoms with Gasteiger partial charge in [-0.15, -0.1) is 0 Å². The SMILES string of the molecule is Fc1cc2nc(C3COCCO3)[nH]c2cc1F. The number of ether oxygens (including phenoxy) is 2. The van der Waals surface area contributed by atoms with E-state index in [1.807, 2.05) is 0 Å². The first-order chi connectivity index (χ1) is 8.24. The smallest absolute Gasteiger partial charge is 0.161 e. The highest BCUT2D eigenvalue weighted by molar-refractivity contribution is 5.75. The van der Waals surface area contributed by atoms with Crippen molar-refractivity contribution in [2.24, 2.45) is 0 Å². The Kier molecular flexibility index (Phi) is 2.53. The van der Waals surface area contributed by atoms with Crippen molar-refractivity contribution in [2.45, 2.75) is 6.10 Å². The molecule has 1 N–H and O–H groups in total. The van der Waals surface area contributed by atoms with Crippen LogP contribution in [-0.2, 0) is 9.47 Å². The van der Waals surface area contributed by atoms with Crippen molar-refractivity contribution in [1.29, 1.82) is 0 Å². The van der Waals surface area contributed by atoms with Crippen LogP contribution >= 0.6 is 0 Å². The van der Waals surface area contributed by atoms with Gasteiger partial charge in [-0.2, -0.15) is 0 Å². The minimum absolute atomic E-state index is 0.303. The van der Waals surface area contributed by atoms with Crippen LogP contribution in [0.2, 0.25) is 0 Å². The second-order valence-electron chi connectivity index (χ2n) is 3.84. The predicted octanol–water partition coefficient (Wildman–Crippen LogP) is 1.93. The van der Waals surface area contributed by atoms with Gasteiger partial charge >= 0.3 is 0 Å². The van der Waals surface area contributed by atoms with Crippen LogP contribution < -0.4 is 0 Å². The summed E-state index contributed by atoms with van der Waals surface area (Å²) in [5.41, 5.74) is 0.834. The van der Waals surface area contributed by atoms with Crippen molar-refractivity contribution in [1.82, 2.24) is 9.97 Å². The summed E-state index contributed by atoms with van der Waals surface area (Å²) in [7, 11) is 0. The maximum Gasteiger partial charge on any atom is 0.161 e. The van der Waals surface area contributed by atoms with Crippen LogP contribution in [0.25, 0.3) is 11.0 Å². The topological polar surface area (TPSA) is 47.1 Å². The summed E-state index contributed by atoms with van der Waals surface area (Å²) in [6.45, 7) is 1.44. The minimum atomic E-state index is -0.906. The Bertz CT molecular complexity index is 511. The number of imidazole rings is 1. The summed E-state index contributed by atoms with van der Waals surface area (Å²) in [6.07, 6.45) is -0.303. The van der Waals surface area contributed by atoms with Gasteiger partial charge in [0.05, 0.1) is 30.9 Å². The van der Waals surface area contributed by atoms with E-state index in [9.17, 15) is 8.78 Å². The lowest BCUT2D eigenvalue weighted by atomic mass is 10.3. The molecule has 4 nitrogen and oxygen atoms in total. The first-order valence-corrected chi connectivity index (χ1v) is 5.28. The van der Waals surface area contributed by atoms with Crippen LogP contribution in [0.4, 0.5) is 8.78 Å². The lowest BCUT2D eigenvalue weighted by molar-refractivity contribution is -0.0931. The number of aromatic amines is 1. The van der Waals surface area contributed by atoms with Crippen molar-refractivity contribution in [2.75, 3.05) is 19.8 Å². The van der Waals surface area contributed by atoms with Crippen LogP contribution in [0.3, 0.4) is 0 Å². The molecular weight excluding hydrogens is 230 g/mol. The molecule has 0 amide bonds. The van der Waals surface area contributed by atoms with E-state index in [2.05, 4.69) is 9.97 Å². The van der Waals surface area contributed by atoms with Gasteiger partial charge in [-0.3, -0.25) is 0 Å². The van der Waals surface area contributed by atoms with Gasteiger partial charge in [0.1, 0.15) is 11.9 Å². The molecular formula is C11H10F2N2O2. The van der Waals surface area contributed by atoms with Crippen molar-refractivity contribution < 1.29 is 18.3 Å². The molecule has 0 aliphatic carbocycles. The Hall–Kier alpha value is -1.53. The van der Waals surface area contributed by atoms with E-state index >= 15 is 0 Å². The summed E-state index contributed by atoms with van der Waals surface area (Å²) in [5, 5.41) is 0. The van der Waals surface area contributed by atoms with Gasteiger partial charge in [0, 0.05) is 12.1 Å². The third-order valence-electron chi connectivity index (χ3n) is 2.66. The fraction of sp³-hybridized carbons (Fsp3) is 0.364. The molecule has 3 rings (SSSR count). The highest BCUT2D eigenvalue weighted by Gasteiger charge is 2.20. The maximum atomic E-state index is 13.0. The average molecular weight is 240 g/mol. The number of fused-ring (bicyclic) bond motifs is 1. The average Bonchev–Trinajstić information content (AvgIpc) is 2.74. The molecule has 17 heavy (non-hydrogen) atoms. The van der Waals surface area contributed by atoms with Gasteiger partial charge in [0.2, 0.25) is 0 Å². The van der Waals surface area contributed by atoms with Crippen molar-refractivity contribution in [3.05, 3.63) is 29.6 Å². The Morgan fingerprint density at radius 2 is 2.06 bits per heavy atom. The summed E-state index contributed by atoms with van der Waals surface area (Å²) in [5.74, 6) is -1.27. The third-order valence-corrected chi connectivity index (χ3v) is 2.66. The molecule has 0 bridgehead atoms. The van der Waals surface area contributed by atoms with Crippen LogP contribution in [0.15, 0.2) is 12.1 Å². The molecule has 2 heterocycles. The third kappa shape index (κ3) is 1.89. The highest BCUT2D eigenvalue weighted by Crippen LogP contribution is 2.22. The molecule has 2 aromatic rings. The number of aromatic nitrogens is 2. The molecule has 0 radical (unpaired) electrons. The van der Waals surface area contributed by atoms with Gasteiger partial charge in [-0.25, -0.2) is 13.8 Å². The molecule has 1 atom stereocenters. The molecule has 1 unspecified atom stereocenters. The van der Waals surface area contributed by atoms with E-state index in [4.69, 9.17) is 9.47 Å². The summed E-state index contributed by atoms with van der Waals surface area (Å²) in [6, 6.07) is 2.15. The standard InChI is InChI=1S/C11H10F2N2O2/c12-6-3-8-9(4-7(6)13)15-11(14-8)10-5-16-1-2-17-10/h3-4,10H,1-2,5H2,(H,14,15). The molecule has 0 saturated carbocycles. The zero-order valence-electron chi connectivity index (χ0n) is 8.87. The first-order valence-electron chi connectivity index (χ1n) is 5.28. The second kappa shape index (κ2) is 4.05. The number of hydrogen-bond acceptors (Lipinski definition) is 3. The lowest BCUT2D eigenvalue weighted by Gasteiger charge is -2.20. The molecule has 1 aromatic heterocycles. The number of halogens is 2. The molecule has 1 aliphatic heterocycles. The Morgan fingerprint density at radius 1 is 1.24 bits per heavy atom. The molecule has 1 aliphatic rings. The number of nitrogens with one attached hydrogen (secondary N) is 1. The number of benzene rings is 1. The Balaban J connectivity index is 2.00. The molecule has 90 valence electrons. The van der Waals surface area contributed by atoms with Crippen LogP contribution in [0.1, 0.15) is 11.9 Å². The quantitative estimate of drug-likeness (QED) is 0.828. The van der Waals surface area contributed by atoms with E-state index < -0.39 is 11.6 Å². The van der Waals surface area contributed by atoms with Crippen molar-refractivity contribution in [3.8, 4) is 0 Å².